The predicted molar refractivity (Wildman–Crippen MR) is 153 cm³/mol. The lowest BCUT2D eigenvalue weighted by Crippen LogP contribution is -2.27. The van der Waals surface area contributed by atoms with Gasteiger partial charge in [-0.1, -0.05) is 48.0 Å². The lowest BCUT2D eigenvalue weighted by molar-refractivity contribution is 0.0677. The first-order valence-electron chi connectivity index (χ1n) is 12.5. The van der Waals surface area contributed by atoms with Gasteiger partial charge in [0.05, 0.1) is 30.2 Å². The third-order valence-electron chi connectivity index (χ3n) is 6.77. The van der Waals surface area contributed by atoms with Crippen molar-refractivity contribution in [2.24, 2.45) is 5.10 Å². The van der Waals surface area contributed by atoms with Crippen LogP contribution in [0.2, 0.25) is 0 Å². The maximum Gasteiger partial charge on any atom is 0.310 e. The molecule has 0 N–H and O–H groups in total. The Morgan fingerprint density at radius 1 is 0.949 bits per heavy atom. The number of benzene rings is 3. The van der Waals surface area contributed by atoms with Crippen molar-refractivity contribution in [1.82, 2.24) is 14.8 Å². The number of methoxy groups -OCH3 is 1. The van der Waals surface area contributed by atoms with E-state index in [0.717, 1.165) is 45.1 Å². The van der Waals surface area contributed by atoms with E-state index in [2.05, 4.69) is 28.1 Å². The zero-order chi connectivity index (χ0) is 26.9. The summed E-state index contributed by atoms with van der Waals surface area (Å²) >= 11 is 3.31. The van der Waals surface area contributed by atoms with Gasteiger partial charge in [-0.15, -0.1) is 0 Å². The molecule has 0 saturated heterocycles. The van der Waals surface area contributed by atoms with Gasteiger partial charge in [0, 0.05) is 23.7 Å². The molecule has 8 heteroatoms. The number of amides is 1. The first kappa shape index (κ1) is 24.9. The summed E-state index contributed by atoms with van der Waals surface area (Å²) in [5, 5.41) is 11.4. The number of nitrogens with zero attached hydrogens (tertiary/aromatic N) is 4. The molecule has 5 aromatic rings. The highest BCUT2D eigenvalue weighted by Crippen LogP contribution is 2.39. The van der Waals surface area contributed by atoms with E-state index in [1.165, 1.54) is 5.01 Å². The summed E-state index contributed by atoms with van der Waals surface area (Å²) in [6.07, 6.45) is 2.52. The van der Waals surface area contributed by atoms with Crippen molar-refractivity contribution in [1.29, 1.82) is 0 Å². The second-order valence-corrected chi connectivity index (χ2v) is 10.1. The molecule has 194 valence electrons. The number of aromatic nitrogens is 2. The predicted octanol–water partition coefficient (Wildman–Crippen LogP) is 7.20. The molecule has 6 rings (SSSR count). The van der Waals surface area contributed by atoms with E-state index in [-0.39, 0.29) is 11.7 Å². The van der Waals surface area contributed by atoms with Crippen LogP contribution < -0.4 is 4.74 Å². The molecular formula is C31H25BrN4O3. The number of hydrazone groups is 1. The SMILES string of the molecule is COc1ccc(-c2nn(-c3ccccc3)cc2[C@H]2CC(c3ccc(C)cc3)=NN2C(=O)c2ccc(Br)o2)cc1. The number of para-hydroxylation sites is 1. The van der Waals surface area contributed by atoms with Crippen LogP contribution in [0.15, 0.2) is 111 Å². The van der Waals surface area contributed by atoms with E-state index >= 15 is 0 Å². The molecule has 3 aromatic carbocycles. The van der Waals surface area contributed by atoms with Gasteiger partial charge in [-0.05, 0) is 76.9 Å². The van der Waals surface area contributed by atoms with E-state index in [9.17, 15) is 4.79 Å². The molecule has 1 aliphatic rings. The average molecular weight is 581 g/mol. The topological polar surface area (TPSA) is 72.9 Å². The van der Waals surface area contributed by atoms with Crippen molar-refractivity contribution in [3.63, 3.8) is 0 Å². The van der Waals surface area contributed by atoms with Gasteiger partial charge in [0.2, 0.25) is 0 Å². The Hall–Kier alpha value is -4.43. The van der Waals surface area contributed by atoms with Gasteiger partial charge in [-0.25, -0.2) is 9.69 Å². The van der Waals surface area contributed by atoms with Crippen LogP contribution in [0.3, 0.4) is 0 Å². The van der Waals surface area contributed by atoms with Crippen LogP contribution in [0.4, 0.5) is 0 Å². The molecule has 39 heavy (non-hydrogen) atoms. The van der Waals surface area contributed by atoms with E-state index in [1.54, 1.807) is 19.2 Å². The fourth-order valence-corrected chi connectivity index (χ4v) is 5.03. The maximum absolute atomic E-state index is 13.7. The molecular weight excluding hydrogens is 556 g/mol. The fourth-order valence-electron chi connectivity index (χ4n) is 4.72. The van der Waals surface area contributed by atoms with E-state index in [1.807, 2.05) is 84.5 Å². The number of furan rings is 1. The molecule has 0 unspecified atom stereocenters. The van der Waals surface area contributed by atoms with Gasteiger partial charge in [-0.2, -0.15) is 10.2 Å². The summed E-state index contributed by atoms with van der Waals surface area (Å²) < 4.78 is 13.3. The van der Waals surface area contributed by atoms with Crippen LogP contribution in [0, 0.1) is 6.92 Å². The number of ether oxygens (including phenoxy) is 1. The maximum atomic E-state index is 13.7. The third-order valence-corrected chi connectivity index (χ3v) is 7.20. The first-order chi connectivity index (χ1) is 19.0. The van der Waals surface area contributed by atoms with Crippen LogP contribution in [-0.2, 0) is 0 Å². The molecule has 0 aliphatic carbocycles. The summed E-state index contributed by atoms with van der Waals surface area (Å²) in [5.74, 6) is 0.650. The minimum absolute atomic E-state index is 0.210. The summed E-state index contributed by atoms with van der Waals surface area (Å²) in [6, 6.07) is 28.9. The summed E-state index contributed by atoms with van der Waals surface area (Å²) in [4.78, 5) is 13.7. The number of rotatable bonds is 6. The second-order valence-electron chi connectivity index (χ2n) is 9.33. The molecule has 0 fully saturated rings. The Morgan fingerprint density at radius 2 is 1.67 bits per heavy atom. The third kappa shape index (κ3) is 4.91. The summed E-state index contributed by atoms with van der Waals surface area (Å²) in [7, 11) is 1.64. The number of carbonyl (C=O) groups excluding carboxylic acids is 1. The molecule has 0 bridgehead atoms. The quantitative estimate of drug-likeness (QED) is 0.213. The van der Waals surface area contributed by atoms with E-state index in [4.69, 9.17) is 19.4 Å². The van der Waals surface area contributed by atoms with Gasteiger partial charge in [0.1, 0.15) is 5.75 Å². The van der Waals surface area contributed by atoms with Crippen LogP contribution in [-0.4, -0.2) is 33.5 Å². The van der Waals surface area contributed by atoms with Crippen LogP contribution >= 0.6 is 15.9 Å². The zero-order valence-corrected chi connectivity index (χ0v) is 23.0. The van der Waals surface area contributed by atoms with Crippen LogP contribution in [0.5, 0.6) is 5.75 Å². The van der Waals surface area contributed by atoms with Crippen molar-refractivity contribution >= 4 is 27.5 Å². The van der Waals surface area contributed by atoms with Gasteiger partial charge in [0.15, 0.2) is 10.4 Å². The lowest BCUT2D eigenvalue weighted by atomic mass is 9.96. The standard InChI is InChI=1S/C31H25BrN4O3/c1-20-8-10-21(11-9-20)26-18-27(36(33-26)31(37)28-16-17-29(32)39-28)25-19-35(23-6-4-3-5-7-23)34-30(25)22-12-14-24(38-2)15-13-22/h3-17,19,27H,18H2,1-2H3/t27-/m1/s1. The molecule has 3 heterocycles. The number of halogens is 1. The lowest BCUT2D eigenvalue weighted by Gasteiger charge is -2.21. The van der Waals surface area contributed by atoms with Crippen molar-refractivity contribution in [2.45, 2.75) is 19.4 Å². The molecule has 1 amide bonds. The summed E-state index contributed by atoms with van der Waals surface area (Å²) in [6.45, 7) is 2.05. The number of carbonyl (C=O) groups is 1. The molecule has 0 saturated carbocycles. The Morgan fingerprint density at radius 3 is 2.33 bits per heavy atom. The van der Waals surface area contributed by atoms with Gasteiger partial charge in [0.25, 0.3) is 0 Å². The van der Waals surface area contributed by atoms with E-state index < -0.39 is 6.04 Å². The Labute approximate surface area is 234 Å². The van der Waals surface area contributed by atoms with E-state index in [0.29, 0.717) is 11.1 Å². The average Bonchev–Trinajstić information content (AvgIpc) is 3.72. The highest BCUT2D eigenvalue weighted by atomic mass is 79.9. The van der Waals surface area contributed by atoms with Crippen LogP contribution in [0.25, 0.3) is 16.9 Å². The van der Waals surface area contributed by atoms with Crippen LogP contribution in [0.1, 0.15) is 39.7 Å². The normalized spacial score (nSPS) is 14.9. The minimum atomic E-state index is -0.396. The number of hydrogen-bond acceptors (Lipinski definition) is 5. The smallest absolute Gasteiger partial charge is 0.310 e. The molecule has 7 nitrogen and oxygen atoms in total. The minimum Gasteiger partial charge on any atom is -0.497 e. The van der Waals surface area contributed by atoms with Crippen molar-refractivity contribution in [3.8, 4) is 22.7 Å². The molecule has 0 spiro atoms. The molecule has 1 atom stereocenters. The molecule has 2 aromatic heterocycles. The highest BCUT2D eigenvalue weighted by molar-refractivity contribution is 9.10. The second kappa shape index (κ2) is 10.4. The largest absolute Gasteiger partial charge is 0.497 e. The van der Waals surface area contributed by atoms with Gasteiger partial charge in [-0.3, -0.25) is 4.79 Å². The first-order valence-corrected chi connectivity index (χ1v) is 13.3. The number of hydrogen-bond donors (Lipinski definition) is 0. The van der Waals surface area contributed by atoms with Crippen molar-refractivity contribution in [2.75, 3.05) is 7.11 Å². The summed E-state index contributed by atoms with van der Waals surface area (Å²) in [5.41, 5.74) is 6.45. The number of aryl methyl sites for hydroxylation is 1. The molecule has 0 radical (unpaired) electrons. The monoisotopic (exact) mass is 580 g/mol. The zero-order valence-electron chi connectivity index (χ0n) is 21.4. The Bertz CT molecular complexity index is 1650. The van der Waals surface area contributed by atoms with Gasteiger partial charge < -0.3 is 9.15 Å². The van der Waals surface area contributed by atoms with Crippen molar-refractivity contribution < 1.29 is 13.9 Å². The molecule has 1 aliphatic heterocycles. The Kier molecular flexibility index (Phi) is 6.62. The Balaban J connectivity index is 1.48. The van der Waals surface area contributed by atoms with Gasteiger partial charge >= 0.3 is 5.91 Å². The fraction of sp³-hybridized carbons (Fsp3) is 0.129. The van der Waals surface area contributed by atoms with Crippen molar-refractivity contribution in [3.05, 3.63) is 124 Å². The highest BCUT2D eigenvalue weighted by Gasteiger charge is 2.37.